The standard InChI is InChI=1S/C25H25NO4S.ClH/c1-31(28,29)24-15-13-20(14-16-24)19-9-11-21(12-10-19)25(27)30-23-8-5-17-26(18-23)22-6-3-2-4-7-22;/h2-4,6-7,9-16,23H,5,8,17-18H2,1H3;1H. The first-order valence-corrected chi connectivity index (χ1v) is 12.2. The minimum absolute atomic E-state index is 0. The van der Waals surface area contributed by atoms with Gasteiger partial charge in [-0.2, -0.15) is 0 Å². The molecule has 1 aliphatic heterocycles. The molecule has 1 atom stereocenters. The summed E-state index contributed by atoms with van der Waals surface area (Å²) in [6, 6.07) is 24.1. The van der Waals surface area contributed by atoms with Crippen molar-refractivity contribution < 1.29 is 17.9 Å². The molecule has 1 heterocycles. The van der Waals surface area contributed by atoms with Gasteiger partial charge in [0.15, 0.2) is 9.84 Å². The Bertz CT molecular complexity index is 1150. The van der Waals surface area contributed by atoms with Crippen LogP contribution in [0.3, 0.4) is 0 Å². The molecule has 0 radical (unpaired) electrons. The summed E-state index contributed by atoms with van der Waals surface area (Å²) in [6.07, 6.45) is 2.90. The number of para-hydroxylation sites is 1. The Balaban J connectivity index is 0.00000289. The van der Waals surface area contributed by atoms with Gasteiger partial charge in [0.05, 0.1) is 17.0 Å². The second-order valence-corrected chi connectivity index (χ2v) is 9.84. The Hall–Kier alpha value is -2.83. The third-order valence-corrected chi connectivity index (χ3v) is 6.64. The van der Waals surface area contributed by atoms with Crippen molar-refractivity contribution in [2.24, 2.45) is 0 Å². The summed E-state index contributed by atoms with van der Waals surface area (Å²) in [6.45, 7) is 1.66. The van der Waals surface area contributed by atoms with Gasteiger partial charge in [0.1, 0.15) is 6.10 Å². The van der Waals surface area contributed by atoms with E-state index in [4.69, 9.17) is 4.74 Å². The summed E-state index contributed by atoms with van der Waals surface area (Å²) in [5.41, 5.74) is 3.45. The summed E-state index contributed by atoms with van der Waals surface area (Å²) in [7, 11) is -3.22. The van der Waals surface area contributed by atoms with Gasteiger partial charge in [0, 0.05) is 18.5 Å². The van der Waals surface area contributed by atoms with Gasteiger partial charge in [-0.3, -0.25) is 0 Å². The number of carbonyl (C=O) groups excluding carboxylic acids is 1. The Labute approximate surface area is 195 Å². The van der Waals surface area contributed by atoms with E-state index >= 15 is 0 Å². The monoisotopic (exact) mass is 471 g/mol. The van der Waals surface area contributed by atoms with Gasteiger partial charge in [0.2, 0.25) is 0 Å². The molecule has 3 aromatic rings. The molecule has 0 spiro atoms. The van der Waals surface area contributed by atoms with E-state index in [2.05, 4.69) is 17.0 Å². The zero-order chi connectivity index (χ0) is 21.8. The molecule has 0 bridgehead atoms. The second-order valence-electron chi connectivity index (χ2n) is 7.83. The van der Waals surface area contributed by atoms with Gasteiger partial charge >= 0.3 is 5.97 Å². The Kier molecular flexibility index (Phi) is 7.59. The number of nitrogens with zero attached hydrogens (tertiary/aromatic N) is 1. The summed E-state index contributed by atoms with van der Waals surface area (Å²) < 4.78 is 29.0. The van der Waals surface area contributed by atoms with E-state index in [9.17, 15) is 13.2 Å². The lowest BCUT2D eigenvalue weighted by Gasteiger charge is -2.34. The predicted molar refractivity (Wildman–Crippen MR) is 129 cm³/mol. The van der Waals surface area contributed by atoms with E-state index in [0.717, 1.165) is 36.2 Å². The molecule has 1 fully saturated rings. The predicted octanol–water partition coefficient (Wildman–Crippen LogP) is 5.00. The van der Waals surface area contributed by atoms with Crippen LogP contribution >= 0.6 is 12.4 Å². The molecule has 32 heavy (non-hydrogen) atoms. The van der Waals surface area contributed by atoms with Gasteiger partial charge in [0.25, 0.3) is 0 Å². The maximum Gasteiger partial charge on any atom is 0.338 e. The van der Waals surface area contributed by atoms with Crippen LogP contribution in [0.4, 0.5) is 5.69 Å². The maximum atomic E-state index is 12.7. The van der Waals surface area contributed by atoms with Crippen LogP contribution in [0.15, 0.2) is 83.8 Å². The van der Waals surface area contributed by atoms with Crippen LogP contribution in [0.5, 0.6) is 0 Å². The zero-order valence-corrected chi connectivity index (χ0v) is 19.4. The van der Waals surface area contributed by atoms with Crippen molar-refractivity contribution in [1.29, 1.82) is 0 Å². The van der Waals surface area contributed by atoms with Crippen LogP contribution in [-0.4, -0.2) is 39.8 Å². The number of halogens is 1. The SMILES string of the molecule is CS(=O)(=O)c1ccc(-c2ccc(C(=O)OC3CCCN(c4ccccc4)C3)cc2)cc1.Cl. The minimum atomic E-state index is -3.22. The van der Waals surface area contributed by atoms with Crippen molar-refractivity contribution in [3.05, 3.63) is 84.4 Å². The molecule has 5 nitrogen and oxygen atoms in total. The maximum absolute atomic E-state index is 12.7. The van der Waals surface area contributed by atoms with Gasteiger partial charge in [-0.1, -0.05) is 42.5 Å². The number of benzene rings is 3. The molecule has 1 saturated heterocycles. The molecule has 168 valence electrons. The molecule has 3 aromatic carbocycles. The van der Waals surface area contributed by atoms with E-state index in [1.54, 1.807) is 36.4 Å². The third-order valence-electron chi connectivity index (χ3n) is 5.51. The van der Waals surface area contributed by atoms with Crippen LogP contribution in [-0.2, 0) is 14.6 Å². The van der Waals surface area contributed by atoms with E-state index in [1.165, 1.54) is 6.26 Å². The molecule has 4 rings (SSSR count). The molecule has 0 N–H and O–H groups in total. The highest BCUT2D eigenvalue weighted by Crippen LogP contribution is 2.24. The Morgan fingerprint density at radius 3 is 2.09 bits per heavy atom. The van der Waals surface area contributed by atoms with E-state index < -0.39 is 9.84 Å². The number of rotatable bonds is 5. The summed E-state index contributed by atoms with van der Waals surface area (Å²) in [5.74, 6) is -0.320. The number of anilines is 1. The van der Waals surface area contributed by atoms with Crippen LogP contribution < -0.4 is 4.90 Å². The molecule has 7 heteroatoms. The molecule has 0 aliphatic carbocycles. The first kappa shape index (κ1) is 23.8. The van der Waals surface area contributed by atoms with Crippen LogP contribution in [0, 0.1) is 0 Å². The lowest BCUT2D eigenvalue weighted by molar-refractivity contribution is 0.0270. The number of carbonyl (C=O) groups is 1. The Morgan fingerprint density at radius 1 is 0.906 bits per heavy atom. The highest BCUT2D eigenvalue weighted by molar-refractivity contribution is 7.90. The quantitative estimate of drug-likeness (QED) is 0.490. The fourth-order valence-corrected chi connectivity index (χ4v) is 4.45. The normalized spacial score (nSPS) is 16.2. The zero-order valence-electron chi connectivity index (χ0n) is 17.8. The van der Waals surface area contributed by atoms with Gasteiger partial charge < -0.3 is 9.64 Å². The van der Waals surface area contributed by atoms with Crippen molar-refractivity contribution in [1.82, 2.24) is 0 Å². The molecule has 0 aromatic heterocycles. The lowest BCUT2D eigenvalue weighted by atomic mass is 10.0. The highest BCUT2D eigenvalue weighted by Gasteiger charge is 2.24. The number of sulfone groups is 1. The number of hydrogen-bond acceptors (Lipinski definition) is 5. The minimum Gasteiger partial charge on any atom is -0.457 e. The van der Waals surface area contributed by atoms with Gasteiger partial charge in [-0.15, -0.1) is 12.4 Å². The van der Waals surface area contributed by atoms with E-state index in [0.29, 0.717) is 12.1 Å². The molecular formula is C25H26ClNO4S. The van der Waals surface area contributed by atoms with Crippen LogP contribution in [0.1, 0.15) is 23.2 Å². The summed E-state index contributed by atoms with van der Waals surface area (Å²) in [4.78, 5) is 15.2. The molecule has 0 amide bonds. The van der Waals surface area contributed by atoms with Crippen molar-refractivity contribution in [3.63, 3.8) is 0 Å². The van der Waals surface area contributed by atoms with E-state index in [-0.39, 0.29) is 29.4 Å². The average molecular weight is 472 g/mol. The summed E-state index contributed by atoms with van der Waals surface area (Å²) in [5, 5.41) is 0. The lowest BCUT2D eigenvalue weighted by Crippen LogP contribution is -2.40. The topological polar surface area (TPSA) is 63.7 Å². The average Bonchev–Trinajstić information content (AvgIpc) is 2.79. The molecule has 1 aliphatic rings. The Morgan fingerprint density at radius 2 is 1.50 bits per heavy atom. The number of esters is 1. The fourth-order valence-electron chi connectivity index (χ4n) is 3.82. The largest absolute Gasteiger partial charge is 0.457 e. The van der Waals surface area contributed by atoms with Crippen molar-refractivity contribution in [2.45, 2.75) is 23.8 Å². The first-order chi connectivity index (χ1) is 14.9. The first-order valence-electron chi connectivity index (χ1n) is 10.3. The number of piperidine rings is 1. The van der Waals surface area contributed by atoms with Gasteiger partial charge in [-0.05, 0) is 60.4 Å². The second kappa shape index (κ2) is 10.2. The molecular weight excluding hydrogens is 446 g/mol. The van der Waals surface area contributed by atoms with Gasteiger partial charge in [-0.25, -0.2) is 13.2 Å². The fraction of sp³-hybridized carbons (Fsp3) is 0.240. The molecule has 0 saturated carbocycles. The molecule has 1 unspecified atom stereocenters. The van der Waals surface area contributed by atoms with E-state index in [1.807, 2.05) is 30.3 Å². The number of hydrogen-bond donors (Lipinski definition) is 0. The van der Waals surface area contributed by atoms with Crippen LogP contribution in [0.2, 0.25) is 0 Å². The van der Waals surface area contributed by atoms with Crippen LogP contribution in [0.25, 0.3) is 11.1 Å². The van der Waals surface area contributed by atoms with Crippen molar-refractivity contribution >= 4 is 33.9 Å². The number of ether oxygens (including phenoxy) is 1. The smallest absolute Gasteiger partial charge is 0.338 e. The van der Waals surface area contributed by atoms with Crippen molar-refractivity contribution in [3.8, 4) is 11.1 Å². The van der Waals surface area contributed by atoms with Crippen molar-refractivity contribution in [2.75, 3.05) is 24.2 Å². The highest BCUT2D eigenvalue weighted by atomic mass is 35.5. The summed E-state index contributed by atoms with van der Waals surface area (Å²) >= 11 is 0. The third kappa shape index (κ3) is 5.69.